The fraction of sp³-hybridized carbons (Fsp3) is 0.467. The van der Waals surface area contributed by atoms with E-state index in [0.29, 0.717) is 18.8 Å². The van der Waals surface area contributed by atoms with E-state index in [4.69, 9.17) is 0 Å². The number of benzene rings is 1. The van der Waals surface area contributed by atoms with Gasteiger partial charge in [0.15, 0.2) is 0 Å². The molecule has 3 rings (SSSR count). The van der Waals surface area contributed by atoms with Gasteiger partial charge in [-0.25, -0.2) is 0 Å². The highest BCUT2D eigenvalue weighted by Gasteiger charge is 2.43. The van der Waals surface area contributed by atoms with Crippen LogP contribution in [0.15, 0.2) is 30.6 Å². The average molecular weight is 406 g/mol. The zero-order chi connectivity index (χ0) is 18.6. The van der Waals surface area contributed by atoms with Gasteiger partial charge >= 0.3 is 6.18 Å². The van der Waals surface area contributed by atoms with Gasteiger partial charge in [0.05, 0.1) is 11.3 Å². The van der Waals surface area contributed by atoms with Gasteiger partial charge in [-0.15, -0.1) is 17.5 Å². The Bertz CT molecular complexity index is 735. The van der Waals surface area contributed by atoms with Crippen LogP contribution in [0.25, 0.3) is 5.69 Å². The number of piperazine rings is 1. The van der Waals surface area contributed by atoms with Gasteiger partial charge in [-0.2, -0.15) is 17.9 Å². The number of carbonyl (C=O) groups is 1. The molecule has 0 radical (unpaired) electrons. The normalized spacial score (nSPS) is 16.4. The fourth-order valence-corrected chi connectivity index (χ4v) is 2.87. The molecule has 0 saturated carbocycles. The molecule has 2 heterocycles. The standard InChI is InChI=1S/C15H18F3N7O.ClH/c16-15(17,18)13(24-7-5-19-6-8-24)9-20-14(26)11-3-1-2-4-12(11)25-10-21-22-23-25;/h1-4,10,13,19H,5-9H2,(H,20,26);1H. The van der Waals surface area contributed by atoms with E-state index in [9.17, 15) is 18.0 Å². The molecular formula is C15H19ClF3N7O. The topological polar surface area (TPSA) is 88.0 Å². The lowest BCUT2D eigenvalue weighted by Gasteiger charge is -2.35. The monoisotopic (exact) mass is 405 g/mol. The number of tetrazole rings is 1. The lowest BCUT2D eigenvalue weighted by Crippen LogP contribution is -2.57. The van der Waals surface area contributed by atoms with Crippen LogP contribution in [0, 0.1) is 0 Å². The van der Waals surface area contributed by atoms with Crippen molar-refractivity contribution in [2.24, 2.45) is 0 Å². The first kappa shape index (κ1) is 21.1. The maximum Gasteiger partial charge on any atom is 0.405 e. The van der Waals surface area contributed by atoms with Crippen LogP contribution in [-0.2, 0) is 0 Å². The number of para-hydroxylation sites is 1. The number of hydrogen-bond donors (Lipinski definition) is 2. The molecule has 12 heteroatoms. The van der Waals surface area contributed by atoms with Crippen LogP contribution < -0.4 is 10.6 Å². The van der Waals surface area contributed by atoms with Crippen LogP contribution in [0.5, 0.6) is 0 Å². The summed E-state index contributed by atoms with van der Waals surface area (Å²) >= 11 is 0. The lowest BCUT2D eigenvalue weighted by molar-refractivity contribution is -0.183. The number of nitrogens with one attached hydrogen (secondary N) is 2. The Balaban J connectivity index is 0.00000261. The summed E-state index contributed by atoms with van der Waals surface area (Å²) in [5.74, 6) is -0.611. The smallest absolute Gasteiger partial charge is 0.350 e. The molecule has 1 aromatic heterocycles. The van der Waals surface area contributed by atoms with E-state index < -0.39 is 24.7 Å². The van der Waals surface area contributed by atoms with Crippen molar-refractivity contribution in [2.45, 2.75) is 12.2 Å². The van der Waals surface area contributed by atoms with Crippen molar-refractivity contribution < 1.29 is 18.0 Å². The van der Waals surface area contributed by atoms with E-state index in [2.05, 4.69) is 26.2 Å². The Kier molecular flexibility index (Phi) is 7.11. The van der Waals surface area contributed by atoms with E-state index in [0.717, 1.165) is 0 Å². The molecule has 1 aromatic carbocycles. The molecule has 2 aromatic rings. The van der Waals surface area contributed by atoms with E-state index in [1.54, 1.807) is 18.2 Å². The van der Waals surface area contributed by atoms with Gasteiger partial charge < -0.3 is 10.6 Å². The van der Waals surface area contributed by atoms with E-state index in [1.165, 1.54) is 22.0 Å². The first-order chi connectivity index (χ1) is 12.5. The summed E-state index contributed by atoms with van der Waals surface area (Å²) in [6.07, 6.45) is -3.12. The molecule has 1 amide bonds. The second-order valence-corrected chi connectivity index (χ2v) is 5.82. The summed E-state index contributed by atoms with van der Waals surface area (Å²) in [7, 11) is 0. The summed E-state index contributed by atoms with van der Waals surface area (Å²) in [6, 6.07) is 4.71. The van der Waals surface area contributed by atoms with Gasteiger partial charge in [-0.1, -0.05) is 12.1 Å². The van der Waals surface area contributed by atoms with Gasteiger partial charge in [0.25, 0.3) is 5.91 Å². The van der Waals surface area contributed by atoms with Crippen LogP contribution in [0.2, 0.25) is 0 Å². The van der Waals surface area contributed by atoms with Gasteiger partial charge in [0.2, 0.25) is 0 Å². The van der Waals surface area contributed by atoms with Crippen molar-refractivity contribution in [3.8, 4) is 5.69 Å². The van der Waals surface area contributed by atoms with Crippen molar-refractivity contribution in [2.75, 3.05) is 32.7 Å². The second kappa shape index (κ2) is 9.11. The Morgan fingerprint density at radius 3 is 2.59 bits per heavy atom. The molecule has 1 aliphatic heterocycles. The number of alkyl halides is 3. The maximum atomic E-state index is 13.4. The molecule has 1 atom stereocenters. The van der Waals surface area contributed by atoms with Crippen LogP contribution in [0.3, 0.4) is 0 Å². The second-order valence-electron chi connectivity index (χ2n) is 5.82. The third-order valence-electron chi connectivity index (χ3n) is 4.17. The molecule has 0 aliphatic carbocycles. The Morgan fingerprint density at radius 2 is 1.96 bits per heavy atom. The van der Waals surface area contributed by atoms with Gasteiger partial charge in [-0.3, -0.25) is 9.69 Å². The third kappa shape index (κ3) is 5.15. The summed E-state index contributed by atoms with van der Waals surface area (Å²) in [5, 5.41) is 16.1. The summed E-state index contributed by atoms with van der Waals surface area (Å²) < 4.78 is 41.5. The van der Waals surface area contributed by atoms with Crippen molar-refractivity contribution in [1.29, 1.82) is 0 Å². The Hall–Kier alpha value is -2.24. The van der Waals surface area contributed by atoms with Gasteiger partial charge in [0.1, 0.15) is 12.4 Å². The third-order valence-corrected chi connectivity index (χ3v) is 4.17. The Labute approximate surface area is 159 Å². The number of hydrogen-bond acceptors (Lipinski definition) is 6. The number of carbonyl (C=O) groups excluding carboxylic acids is 1. The van der Waals surface area contributed by atoms with Gasteiger partial charge in [-0.05, 0) is 22.6 Å². The Morgan fingerprint density at radius 1 is 1.26 bits per heavy atom. The largest absolute Gasteiger partial charge is 0.405 e. The van der Waals surface area contributed by atoms with Crippen molar-refractivity contribution in [3.63, 3.8) is 0 Å². The summed E-state index contributed by atoms with van der Waals surface area (Å²) in [6.45, 7) is 1.01. The van der Waals surface area contributed by atoms with E-state index >= 15 is 0 Å². The number of halogens is 4. The molecule has 1 unspecified atom stereocenters. The number of rotatable bonds is 5. The van der Waals surface area contributed by atoms with Crippen molar-refractivity contribution in [3.05, 3.63) is 36.2 Å². The summed E-state index contributed by atoms with van der Waals surface area (Å²) in [4.78, 5) is 13.8. The highest BCUT2D eigenvalue weighted by atomic mass is 35.5. The SMILES string of the molecule is Cl.O=C(NCC(N1CCNCC1)C(F)(F)F)c1ccccc1-n1cnnn1. The van der Waals surface area contributed by atoms with Crippen LogP contribution in [0.4, 0.5) is 13.2 Å². The lowest BCUT2D eigenvalue weighted by atomic mass is 10.1. The predicted octanol–water partition coefficient (Wildman–Crippen LogP) is 0.650. The first-order valence-corrected chi connectivity index (χ1v) is 8.09. The zero-order valence-corrected chi connectivity index (χ0v) is 15.0. The van der Waals surface area contributed by atoms with Crippen LogP contribution >= 0.6 is 12.4 Å². The van der Waals surface area contributed by atoms with Gasteiger partial charge in [0, 0.05) is 32.7 Å². The molecule has 1 fully saturated rings. The average Bonchev–Trinajstić information content (AvgIpc) is 3.16. The predicted molar refractivity (Wildman–Crippen MR) is 93.0 cm³/mol. The van der Waals surface area contributed by atoms with Crippen LogP contribution in [-0.4, -0.2) is 76.0 Å². The minimum absolute atomic E-state index is 0. The molecule has 8 nitrogen and oxygen atoms in total. The minimum Gasteiger partial charge on any atom is -0.350 e. The molecule has 0 spiro atoms. The van der Waals surface area contributed by atoms with Crippen molar-refractivity contribution >= 4 is 18.3 Å². The van der Waals surface area contributed by atoms with Crippen LogP contribution in [0.1, 0.15) is 10.4 Å². The number of aromatic nitrogens is 4. The van der Waals surface area contributed by atoms with E-state index in [1.807, 2.05) is 0 Å². The zero-order valence-electron chi connectivity index (χ0n) is 14.2. The molecular weight excluding hydrogens is 387 g/mol. The molecule has 2 N–H and O–H groups in total. The highest BCUT2D eigenvalue weighted by Crippen LogP contribution is 2.25. The molecule has 1 saturated heterocycles. The number of nitrogens with zero attached hydrogens (tertiary/aromatic N) is 5. The summed E-state index contributed by atoms with van der Waals surface area (Å²) in [5.41, 5.74) is 0.585. The molecule has 0 bridgehead atoms. The molecule has 27 heavy (non-hydrogen) atoms. The van der Waals surface area contributed by atoms with E-state index in [-0.39, 0.29) is 31.1 Å². The van der Waals surface area contributed by atoms with Crippen molar-refractivity contribution in [1.82, 2.24) is 35.7 Å². The maximum absolute atomic E-state index is 13.4. The number of amides is 1. The fourth-order valence-electron chi connectivity index (χ4n) is 2.87. The molecule has 1 aliphatic rings. The quantitative estimate of drug-likeness (QED) is 0.759. The minimum atomic E-state index is -4.43. The molecule has 148 valence electrons. The first-order valence-electron chi connectivity index (χ1n) is 8.09. The highest BCUT2D eigenvalue weighted by molar-refractivity contribution is 5.97.